The highest BCUT2D eigenvalue weighted by atomic mass is 35.5. The summed E-state index contributed by atoms with van der Waals surface area (Å²) in [5, 5.41) is 7.07. The highest BCUT2D eigenvalue weighted by Gasteiger charge is 2.37. The van der Waals surface area contributed by atoms with Gasteiger partial charge >= 0.3 is 6.03 Å². The van der Waals surface area contributed by atoms with Crippen molar-refractivity contribution in [2.24, 2.45) is 5.92 Å². The van der Waals surface area contributed by atoms with Crippen LogP contribution >= 0.6 is 11.6 Å². The van der Waals surface area contributed by atoms with E-state index >= 15 is 0 Å². The van der Waals surface area contributed by atoms with E-state index in [0.29, 0.717) is 17.5 Å². The van der Waals surface area contributed by atoms with E-state index in [1.54, 1.807) is 6.92 Å². The fourth-order valence-corrected chi connectivity index (χ4v) is 5.14. The first-order valence-electron chi connectivity index (χ1n) is 10.4. The van der Waals surface area contributed by atoms with Crippen LogP contribution in [0, 0.1) is 5.92 Å². The van der Waals surface area contributed by atoms with Gasteiger partial charge in [-0.2, -0.15) is 0 Å². The van der Waals surface area contributed by atoms with Gasteiger partial charge in [-0.3, -0.25) is 4.79 Å². The summed E-state index contributed by atoms with van der Waals surface area (Å²) in [6.45, 7) is 6.41. The second-order valence-corrected chi connectivity index (χ2v) is 9.30. The molecular weight excluding hydrogens is 374 g/mol. The van der Waals surface area contributed by atoms with Gasteiger partial charge in [0.05, 0.1) is 6.04 Å². The number of nitrogens with one attached hydrogen (secondary N) is 2. The standard InChI is InChI=1S/C22H32ClN3O2/c1-15(27)26-12-11-19(14-22(26,2)3)24-21(28)25-20(16-7-4-5-8-16)17-9-6-10-18(23)13-17/h6,9-10,13,16,19-20H,4-5,7-8,11-12,14H2,1-3H3,(H2,24,25,28)/t19-,20-/m0/s1. The number of carbonyl (C=O) groups is 2. The topological polar surface area (TPSA) is 61.4 Å². The Hall–Kier alpha value is -1.75. The number of piperidine rings is 1. The molecule has 1 aliphatic carbocycles. The lowest BCUT2D eigenvalue weighted by Gasteiger charge is -2.45. The normalized spacial score (nSPS) is 23.3. The molecule has 1 aliphatic heterocycles. The van der Waals surface area contributed by atoms with Crippen molar-refractivity contribution in [3.05, 3.63) is 34.9 Å². The molecule has 1 saturated carbocycles. The molecule has 0 unspecified atom stereocenters. The first kappa shape index (κ1) is 21.0. The van der Waals surface area contributed by atoms with Gasteiger partial charge in [-0.05, 0) is 63.1 Å². The van der Waals surface area contributed by atoms with E-state index in [2.05, 4.69) is 24.5 Å². The minimum absolute atomic E-state index is 0.0217. The second kappa shape index (κ2) is 8.73. The predicted molar refractivity (Wildman–Crippen MR) is 112 cm³/mol. The van der Waals surface area contributed by atoms with Crippen molar-refractivity contribution in [2.45, 2.75) is 76.9 Å². The lowest BCUT2D eigenvalue weighted by Crippen LogP contribution is -2.57. The van der Waals surface area contributed by atoms with E-state index < -0.39 is 0 Å². The van der Waals surface area contributed by atoms with Crippen LogP contribution in [0.15, 0.2) is 24.3 Å². The van der Waals surface area contributed by atoms with Gasteiger partial charge in [-0.1, -0.05) is 36.6 Å². The molecule has 2 N–H and O–H groups in total. The van der Waals surface area contributed by atoms with Gasteiger partial charge in [-0.15, -0.1) is 0 Å². The van der Waals surface area contributed by atoms with Gasteiger partial charge in [0, 0.05) is 30.1 Å². The van der Waals surface area contributed by atoms with E-state index in [1.807, 2.05) is 29.2 Å². The number of hydrogen-bond acceptors (Lipinski definition) is 2. The van der Waals surface area contributed by atoms with Crippen LogP contribution < -0.4 is 10.6 Å². The molecule has 1 saturated heterocycles. The third-order valence-corrected chi connectivity index (χ3v) is 6.49. The zero-order valence-corrected chi connectivity index (χ0v) is 17.9. The molecule has 3 amide bonds. The van der Waals surface area contributed by atoms with Crippen LogP contribution in [0.5, 0.6) is 0 Å². The highest BCUT2D eigenvalue weighted by Crippen LogP contribution is 2.36. The van der Waals surface area contributed by atoms with Gasteiger partial charge in [0.1, 0.15) is 0 Å². The monoisotopic (exact) mass is 405 g/mol. The first-order chi connectivity index (χ1) is 13.3. The summed E-state index contributed by atoms with van der Waals surface area (Å²) in [7, 11) is 0. The van der Waals surface area contributed by atoms with Crippen LogP contribution in [0.1, 0.15) is 70.9 Å². The summed E-state index contributed by atoms with van der Waals surface area (Å²) in [6.07, 6.45) is 6.21. The van der Waals surface area contributed by atoms with Crippen molar-refractivity contribution in [1.82, 2.24) is 15.5 Å². The number of halogens is 1. The number of nitrogens with zero attached hydrogens (tertiary/aromatic N) is 1. The number of urea groups is 1. The van der Waals surface area contributed by atoms with E-state index in [0.717, 1.165) is 31.2 Å². The molecular formula is C22H32ClN3O2. The molecule has 2 fully saturated rings. The van der Waals surface area contributed by atoms with E-state index in [-0.39, 0.29) is 29.6 Å². The number of carbonyl (C=O) groups excluding carboxylic acids is 2. The number of amides is 3. The average Bonchev–Trinajstić information content (AvgIpc) is 3.12. The first-order valence-corrected chi connectivity index (χ1v) is 10.7. The Morgan fingerprint density at radius 2 is 1.93 bits per heavy atom. The highest BCUT2D eigenvalue weighted by molar-refractivity contribution is 6.30. The molecule has 3 rings (SSSR count). The molecule has 5 nitrogen and oxygen atoms in total. The summed E-state index contributed by atoms with van der Waals surface area (Å²) in [5.41, 5.74) is 0.820. The van der Waals surface area contributed by atoms with Gasteiger partial charge in [0.15, 0.2) is 0 Å². The minimum atomic E-state index is -0.250. The maximum Gasteiger partial charge on any atom is 0.315 e. The summed E-state index contributed by atoms with van der Waals surface area (Å²) in [5.74, 6) is 0.537. The second-order valence-electron chi connectivity index (χ2n) is 8.87. The van der Waals surface area contributed by atoms with E-state index in [1.165, 1.54) is 12.8 Å². The van der Waals surface area contributed by atoms with Crippen LogP contribution in [0.2, 0.25) is 5.02 Å². The number of hydrogen-bond donors (Lipinski definition) is 2. The lowest BCUT2D eigenvalue weighted by atomic mass is 9.87. The molecule has 154 valence electrons. The Labute approximate surface area is 173 Å². The van der Waals surface area contributed by atoms with Crippen molar-refractivity contribution < 1.29 is 9.59 Å². The Morgan fingerprint density at radius 1 is 1.21 bits per heavy atom. The van der Waals surface area contributed by atoms with E-state index in [9.17, 15) is 9.59 Å². The SMILES string of the molecule is CC(=O)N1CC[C@H](NC(=O)N[C@H](c2cccc(Cl)c2)C2CCCC2)CC1(C)C. The number of likely N-dealkylation sites (tertiary alicyclic amines) is 1. The summed E-state index contributed by atoms with van der Waals surface area (Å²) < 4.78 is 0. The van der Waals surface area contributed by atoms with Gasteiger partial charge < -0.3 is 15.5 Å². The molecule has 1 aromatic rings. The van der Waals surface area contributed by atoms with Crippen molar-refractivity contribution >= 4 is 23.5 Å². The largest absolute Gasteiger partial charge is 0.338 e. The Bertz CT molecular complexity index is 715. The smallest absolute Gasteiger partial charge is 0.315 e. The Kier molecular flexibility index (Phi) is 6.54. The number of benzene rings is 1. The minimum Gasteiger partial charge on any atom is -0.338 e. The van der Waals surface area contributed by atoms with Gasteiger partial charge in [0.25, 0.3) is 0 Å². The van der Waals surface area contributed by atoms with Crippen LogP contribution in [-0.2, 0) is 4.79 Å². The van der Waals surface area contributed by atoms with Gasteiger partial charge in [0.2, 0.25) is 5.91 Å². The number of rotatable bonds is 4. The Morgan fingerprint density at radius 3 is 2.54 bits per heavy atom. The van der Waals surface area contributed by atoms with Crippen LogP contribution in [0.3, 0.4) is 0 Å². The van der Waals surface area contributed by atoms with Gasteiger partial charge in [-0.25, -0.2) is 4.79 Å². The maximum atomic E-state index is 12.8. The molecule has 28 heavy (non-hydrogen) atoms. The molecule has 2 atom stereocenters. The summed E-state index contributed by atoms with van der Waals surface area (Å²) in [6, 6.07) is 7.72. The van der Waals surface area contributed by atoms with Crippen LogP contribution in [0.25, 0.3) is 0 Å². The molecule has 0 spiro atoms. The molecule has 6 heteroatoms. The lowest BCUT2D eigenvalue weighted by molar-refractivity contribution is -0.136. The fraction of sp³-hybridized carbons (Fsp3) is 0.636. The Balaban J connectivity index is 1.65. The van der Waals surface area contributed by atoms with Crippen LogP contribution in [-0.4, -0.2) is 35.0 Å². The summed E-state index contributed by atoms with van der Waals surface area (Å²) >= 11 is 6.20. The predicted octanol–water partition coefficient (Wildman–Crippen LogP) is 4.66. The average molecular weight is 406 g/mol. The van der Waals surface area contributed by atoms with Crippen molar-refractivity contribution in [2.75, 3.05) is 6.54 Å². The molecule has 0 radical (unpaired) electrons. The van der Waals surface area contributed by atoms with E-state index in [4.69, 9.17) is 11.6 Å². The van der Waals surface area contributed by atoms with Crippen molar-refractivity contribution in [3.63, 3.8) is 0 Å². The zero-order chi connectivity index (χ0) is 20.3. The molecule has 1 heterocycles. The van der Waals surface area contributed by atoms with Crippen molar-refractivity contribution in [1.29, 1.82) is 0 Å². The van der Waals surface area contributed by atoms with Crippen LogP contribution in [0.4, 0.5) is 4.79 Å². The quantitative estimate of drug-likeness (QED) is 0.765. The molecule has 1 aromatic carbocycles. The third-order valence-electron chi connectivity index (χ3n) is 6.26. The third kappa shape index (κ3) is 4.99. The molecule has 0 aromatic heterocycles. The zero-order valence-electron chi connectivity index (χ0n) is 17.1. The molecule has 2 aliphatic rings. The summed E-state index contributed by atoms with van der Waals surface area (Å²) in [4.78, 5) is 26.6. The maximum absolute atomic E-state index is 12.8. The molecule has 0 bridgehead atoms. The van der Waals surface area contributed by atoms with Crippen molar-refractivity contribution in [3.8, 4) is 0 Å². The fourth-order valence-electron chi connectivity index (χ4n) is 4.94.